The zero-order chi connectivity index (χ0) is 15.6. The van der Waals surface area contributed by atoms with Crippen molar-refractivity contribution in [3.05, 3.63) is 29.3 Å². The van der Waals surface area contributed by atoms with Gasteiger partial charge in [0.25, 0.3) is 0 Å². The van der Waals surface area contributed by atoms with Crippen LogP contribution in [0.2, 0.25) is 0 Å². The molecule has 21 heavy (non-hydrogen) atoms. The fraction of sp³-hybridized carbons (Fsp3) is 0.533. The van der Waals surface area contributed by atoms with Crippen LogP contribution in [0.5, 0.6) is 0 Å². The predicted octanol–water partition coefficient (Wildman–Crippen LogP) is 2.37. The molecule has 1 fully saturated rings. The highest BCUT2D eigenvalue weighted by molar-refractivity contribution is 7.89. The molecule has 1 N–H and O–H groups in total. The second-order valence-corrected chi connectivity index (χ2v) is 7.58. The van der Waals surface area contributed by atoms with Crippen LogP contribution in [0.3, 0.4) is 0 Å². The van der Waals surface area contributed by atoms with E-state index in [0.717, 1.165) is 19.3 Å². The predicted molar refractivity (Wildman–Crippen MR) is 79.9 cm³/mol. The van der Waals surface area contributed by atoms with Crippen molar-refractivity contribution in [1.82, 2.24) is 4.31 Å². The van der Waals surface area contributed by atoms with Gasteiger partial charge in [-0.2, -0.15) is 0 Å². The number of carbonyl (C=O) groups is 1. The molecule has 5 nitrogen and oxygen atoms in total. The van der Waals surface area contributed by atoms with Crippen molar-refractivity contribution in [3.63, 3.8) is 0 Å². The third-order valence-corrected chi connectivity index (χ3v) is 6.03. The number of benzene rings is 1. The molecule has 1 aliphatic rings. The Balaban J connectivity index is 2.36. The van der Waals surface area contributed by atoms with Gasteiger partial charge in [0.1, 0.15) is 0 Å². The molecule has 0 heterocycles. The van der Waals surface area contributed by atoms with E-state index >= 15 is 0 Å². The molecular weight excluding hydrogens is 290 g/mol. The molecule has 0 amide bonds. The summed E-state index contributed by atoms with van der Waals surface area (Å²) in [5.74, 6) is -0.687. The van der Waals surface area contributed by atoms with E-state index in [1.165, 1.54) is 16.4 Å². The number of carboxylic acid groups (broad SMARTS) is 1. The summed E-state index contributed by atoms with van der Waals surface area (Å²) in [5, 5.41) is 9.06. The molecule has 1 aromatic carbocycles. The summed E-state index contributed by atoms with van der Waals surface area (Å²) in [4.78, 5) is 11.2. The highest BCUT2D eigenvalue weighted by Gasteiger charge is 2.28. The summed E-state index contributed by atoms with van der Waals surface area (Å²) >= 11 is 0. The molecule has 0 aromatic heterocycles. The molecule has 116 valence electrons. The van der Waals surface area contributed by atoms with Gasteiger partial charge >= 0.3 is 5.97 Å². The molecule has 1 saturated carbocycles. The van der Waals surface area contributed by atoms with Gasteiger partial charge in [-0.3, -0.25) is 0 Å². The first-order chi connectivity index (χ1) is 9.86. The number of rotatable bonds is 6. The fourth-order valence-corrected chi connectivity index (χ4v) is 4.09. The Hall–Kier alpha value is -1.40. The van der Waals surface area contributed by atoms with E-state index in [1.807, 2.05) is 6.92 Å². The van der Waals surface area contributed by atoms with Crippen molar-refractivity contribution >= 4 is 16.0 Å². The summed E-state index contributed by atoms with van der Waals surface area (Å²) < 4.78 is 26.7. The van der Waals surface area contributed by atoms with Gasteiger partial charge in [0, 0.05) is 13.6 Å². The average Bonchev–Trinajstić information content (AvgIpc) is 2.41. The van der Waals surface area contributed by atoms with Gasteiger partial charge in [-0.15, -0.1) is 0 Å². The Labute approximate surface area is 125 Å². The maximum atomic E-state index is 12.7. The van der Waals surface area contributed by atoms with Crippen LogP contribution in [0, 0.1) is 5.92 Å². The summed E-state index contributed by atoms with van der Waals surface area (Å²) in [5.41, 5.74) is 0.656. The lowest BCUT2D eigenvalue weighted by Crippen LogP contribution is -2.34. The average molecular weight is 311 g/mol. The molecule has 2 rings (SSSR count). The lowest BCUT2D eigenvalue weighted by Gasteiger charge is -2.30. The monoisotopic (exact) mass is 311 g/mol. The van der Waals surface area contributed by atoms with Gasteiger partial charge in [-0.25, -0.2) is 17.5 Å². The van der Waals surface area contributed by atoms with Crippen molar-refractivity contribution in [2.75, 3.05) is 13.6 Å². The Morgan fingerprint density at radius 3 is 2.52 bits per heavy atom. The van der Waals surface area contributed by atoms with Gasteiger partial charge in [0.2, 0.25) is 10.0 Å². The first kappa shape index (κ1) is 16.0. The quantitative estimate of drug-likeness (QED) is 0.875. The van der Waals surface area contributed by atoms with Crippen molar-refractivity contribution in [1.29, 1.82) is 0 Å². The number of aromatic carboxylic acids is 1. The van der Waals surface area contributed by atoms with Gasteiger partial charge in [-0.05, 0) is 42.9 Å². The minimum atomic E-state index is -3.64. The van der Waals surface area contributed by atoms with Crippen LogP contribution in [-0.4, -0.2) is 37.4 Å². The first-order valence-corrected chi connectivity index (χ1v) is 8.62. The molecular formula is C15H21NO4S. The molecule has 1 aromatic rings. The third-order valence-electron chi connectivity index (χ3n) is 4.12. The number of nitrogens with zero attached hydrogens (tertiary/aromatic N) is 1. The molecule has 0 radical (unpaired) electrons. The topological polar surface area (TPSA) is 74.7 Å². The number of aryl methyl sites for hydroxylation is 1. The van der Waals surface area contributed by atoms with E-state index in [2.05, 4.69) is 0 Å². The first-order valence-electron chi connectivity index (χ1n) is 7.18. The summed E-state index contributed by atoms with van der Waals surface area (Å²) in [6.45, 7) is 2.36. The molecule has 0 spiro atoms. The number of carboxylic acids is 1. The Kier molecular flexibility index (Phi) is 4.68. The number of hydrogen-bond acceptors (Lipinski definition) is 3. The standard InChI is InChI=1S/C15H21NO4S/c1-3-12-7-8-13(15(17)18)9-14(12)21(19,20)16(2)10-11-5-4-6-11/h7-9,11H,3-6,10H2,1-2H3,(H,17,18). The van der Waals surface area contributed by atoms with Crippen LogP contribution in [-0.2, 0) is 16.4 Å². The molecule has 1 aliphatic carbocycles. The van der Waals surface area contributed by atoms with E-state index in [9.17, 15) is 13.2 Å². The van der Waals surface area contributed by atoms with Crippen LogP contribution in [0.4, 0.5) is 0 Å². The Bertz CT molecular complexity index is 635. The van der Waals surface area contributed by atoms with Crippen molar-refractivity contribution in [2.45, 2.75) is 37.5 Å². The number of sulfonamides is 1. The van der Waals surface area contributed by atoms with Gasteiger partial charge in [0.05, 0.1) is 10.5 Å². The smallest absolute Gasteiger partial charge is 0.335 e. The SMILES string of the molecule is CCc1ccc(C(=O)O)cc1S(=O)(=O)N(C)CC1CCC1. The van der Waals surface area contributed by atoms with E-state index in [0.29, 0.717) is 24.4 Å². The van der Waals surface area contributed by atoms with Crippen molar-refractivity contribution < 1.29 is 18.3 Å². The van der Waals surface area contributed by atoms with Crippen LogP contribution < -0.4 is 0 Å². The largest absolute Gasteiger partial charge is 0.478 e. The van der Waals surface area contributed by atoms with Crippen LogP contribution in [0.25, 0.3) is 0 Å². The van der Waals surface area contributed by atoms with Gasteiger partial charge in [0.15, 0.2) is 0 Å². The molecule has 0 unspecified atom stereocenters. The van der Waals surface area contributed by atoms with Crippen molar-refractivity contribution in [2.24, 2.45) is 5.92 Å². The van der Waals surface area contributed by atoms with Crippen molar-refractivity contribution in [3.8, 4) is 0 Å². The normalized spacial score (nSPS) is 16.0. The lowest BCUT2D eigenvalue weighted by molar-refractivity contribution is 0.0696. The zero-order valence-electron chi connectivity index (χ0n) is 12.4. The zero-order valence-corrected chi connectivity index (χ0v) is 13.2. The Morgan fingerprint density at radius 1 is 1.38 bits per heavy atom. The molecule has 0 atom stereocenters. The van der Waals surface area contributed by atoms with Crippen LogP contribution in [0.15, 0.2) is 23.1 Å². The molecule has 6 heteroatoms. The summed E-state index contributed by atoms with van der Waals surface area (Å²) in [7, 11) is -2.07. The minimum absolute atomic E-state index is 0.00261. The van der Waals surface area contributed by atoms with Crippen LogP contribution in [0.1, 0.15) is 42.1 Å². The fourth-order valence-electron chi connectivity index (χ4n) is 2.52. The highest BCUT2D eigenvalue weighted by atomic mass is 32.2. The van der Waals surface area contributed by atoms with E-state index in [4.69, 9.17) is 5.11 Å². The van der Waals surface area contributed by atoms with E-state index in [-0.39, 0.29) is 10.5 Å². The minimum Gasteiger partial charge on any atom is -0.478 e. The summed E-state index contributed by atoms with van der Waals surface area (Å²) in [6, 6.07) is 4.31. The maximum Gasteiger partial charge on any atom is 0.335 e. The molecule has 0 aliphatic heterocycles. The second-order valence-electron chi connectivity index (χ2n) is 5.56. The number of hydrogen-bond donors (Lipinski definition) is 1. The maximum absolute atomic E-state index is 12.7. The Morgan fingerprint density at radius 2 is 2.05 bits per heavy atom. The van der Waals surface area contributed by atoms with E-state index < -0.39 is 16.0 Å². The lowest BCUT2D eigenvalue weighted by atomic mass is 9.86. The second kappa shape index (κ2) is 6.15. The van der Waals surface area contributed by atoms with Gasteiger partial charge < -0.3 is 5.11 Å². The third kappa shape index (κ3) is 3.27. The van der Waals surface area contributed by atoms with Crippen LogP contribution >= 0.6 is 0 Å². The highest BCUT2D eigenvalue weighted by Crippen LogP contribution is 2.29. The summed E-state index contributed by atoms with van der Waals surface area (Å²) in [6.07, 6.45) is 3.84. The molecule has 0 saturated heterocycles. The molecule has 0 bridgehead atoms. The van der Waals surface area contributed by atoms with E-state index in [1.54, 1.807) is 13.1 Å². The van der Waals surface area contributed by atoms with Gasteiger partial charge in [-0.1, -0.05) is 19.4 Å².